The van der Waals surface area contributed by atoms with Crippen LogP contribution < -0.4 is 5.32 Å². The van der Waals surface area contributed by atoms with E-state index in [1.165, 1.54) is 5.56 Å². The van der Waals surface area contributed by atoms with Crippen LogP contribution in [0.1, 0.15) is 37.3 Å². The minimum atomic E-state index is -0.497. The molecule has 0 saturated heterocycles. The summed E-state index contributed by atoms with van der Waals surface area (Å²) in [7, 11) is 0. The van der Waals surface area contributed by atoms with E-state index in [-0.39, 0.29) is 11.3 Å². The fourth-order valence-corrected chi connectivity index (χ4v) is 2.53. The highest BCUT2D eigenvalue weighted by molar-refractivity contribution is 5.89. The van der Waals surface area contributed by atoms with Crippen LogP contribution >= 0.6 is 0 Å². The molecule has 1 amide bonds. The van der Waals surface area contributed by atoms with Gasteiger partial charge in [-0.05, 0) is 32.3 Å². The van der Waals surface area contributed by atoms with E-state index in [4.69, 9.17) is 0 Å². The zero-order chi connectivity index (χ0) is 13.2. The molecule has 1 aromatic rings. The number of amides is 1. The first kappa shape index (κ1) is 13.1. The lowest BCUT2D eigenvalue weighted by Crippen LogP contribution is -2.50. The van der Waals surface area contributed by atoms with Gasteiger partial charge in [0.05, 0.1) is 11.5 Å². The maximum Gasteiger partial charge on any atom is 0.230 e. The van der Waals surface area contributed by atoms with Crippen molar-refractivity contribution >= 4 is 5.91 Å². The summed E-state index contributed by atoms with van der Waals surface area (Å²) >= 11 is 0. The lowest BCUT2D eigenvalue weighted by atomic mass is 9.63. The first-order valence-electron chi connectivity index (χ1n) is 6.58. The highest BCUT2D eigenvalue weighted by Gasteiger charge is 2.45. The SMILES string of the molecule is Cc1cccc(C2(C(=O)NC[C@H](C)O)CCC2)c1. The summed E-state index contributed by atoms with van der Waals surface area (Å²) in [6, 6.07) is 8.19. The minimum Gasteiger partial charge on any atom is -0.392 e. The Morgan fingerprint density at radius 1 is 1.50 bits per heavy atom. The van der Waals surface area contributed by atoms with Crippen molar-refractivity contribution in [3.05, 3.63) is 35.4 Å². The number of aliphatic hydroxyl groups excluding tert-OH is 1. The first-order chi connectivity index (χ1) is 8.54. The van der Waals surface area contributed by atoms with Crippen molar-refractivity contribution < 1.29 is 9.90 Å². The molecule has 1 aromatic carbocycles. The number of hydrogen-bond acceptors (Lipinski definition) is 2. The lowest BCUT2D eigenvalue weighted by Gasteiger charge is -2.41. The highest BCUT2D eigenvalue weighted by atomic mass is 16.3. The van der Waals surface area contributed by atoms with Crippen molar-refractivity contribution in [3.63, 3.8) is 0 Å². The molecule has 1 aliphatic rings. The molecule has 2 N–H and O–H groups in total. The normalized spacial score (nSPS) is 18.8. The van der Waals surface area contributed by atoms with E-state index >= 15 is 0 Å². The van der Waals surface area contributed by atoms with Crippen LogP contribution in [0.2, 0.25) is 0 Å². The Balaban J connectivity index is 2.18. The van der Waals surface area contributed by atoms with Crippen LogP contribution in [0.15, 0.2) is 24.3 Å². The molecule has 18 heavy (non-hydrogen) atoms. The van der Waals surface area contributed by atoms with Gasteiger partial charge in [0.2, 0.25) is 5.91 Å². The number of hydrogen-bond donors (Lipinski definition) is 2. The van der Waals surface area contributed by atoms with Crippen molar-refractivity contribution in [3.8, 4) is 0 Å². The smallest absolute Gasteiger partial charge is 0.230 e. The van der Waals surface area contributed by atoms with Crippen molar-refractivity contribution in [2.45, 2.75) is 44.6 Å². The largest absolute Gasteiger partial charge is 0.392 e. The van der Waals surface area contributed by atoms with Gasteiger partial charge in [-0.25, -0.2) is 0 Å². The number of carbonyl (C=O) groups is 1. The standard InChI is InChI=1S/C15H21NO2/c1-11-5-3-6-13(9-11)15(7-4-8-15)14(18)16-10-12(2)17/h3,5-6,9,12,17H,4,7-8,10H2,1-2H3,(H,16,18)/t12-/m0/s1. The number of aliphatic hydroxyl groups is 1. The number of carbonyl (C=O) groups excluding carboxylic acids is 1. The van der Waals surface area contributed by atoms with E-state index in [0.717, 1.165) is 24.8 Å². The van der Waals surface area contributed by atoms with E-state index in [1.54, 1.807) is 6.92 Å². The first-order valence-corrected chi connectivity index (χ1v) is 6.58. The van der Waals surface area contributed by atoms with Crippen LogP contribution in [-0.4, -0.2) is 23.7 Å². The summed E-state index contributed by atoms with van der Waals surface area (Å²) in [5.41, 5.74) is 1.93. The third kappa shape index (κ3) is 2.41. The molecule has 2 rings (SSSR count). The van der Waals surface area contributed by atoms with Gasteiger partial charge in [0.15, 0.2) is 0 Å². The lowest BCUT2D eigenvalue weighted by molar-refractivity contribution is -0.130. The average Bonchev–Trinajstić information content (AvgIpc) is 2.25. The van der Waals surface area contributed by atoms with Gasteiger partial charge in [-0.15, -0.1) is 0 Å². The Morgan fingerprint density at radius 3 is 2.72 bits per heavy atom. The van der Waals surface area contributed by atoms with Gasteiger partial charge in [0, 0.05) is 6.54 Å². The molecule has 0 aromatic heterocycles. The number of aryl methyl sites for hydroxylation is 1. The average molecular weight is 247 g/mol. The van der Waals surface area contributed by atoms with Gasteiger partial charge < -0.3 is 10.4 Å². The molecular weight excluding hydrogens is 226 g/mol. The van der Waals surface area contributed by atoms with E-state index in [9.17, 15) is 9.90 Å². The van der Waals surface area contributed by atoms with Crippen LogP contribution in [0.3, 0.4) is 0 Å². The molecule has 0 aliphatic heterocycles. The Hall–Kier alpha value is -1.35. The van der Waals surface area contributed by atoms with Gasteiger partial charge in [-0.1, -0.05) is 36.2 Å². The molecule has 0 spiro atoms. The summed E-state index contributed by atoms with van der Waals surface area (Å²) in [6.07, 6.45) is 2.41. The molecule has 0 heterocycles. The van der Waals surface area contributed by atoms with Crippen molar-refractivity contribution in [1.29, 1.82) is 0 Å². The molecule has 0 radical (unpaired) electrons. The fraction of sp³-hybridized carbons (Fsp3) is 0.533. The zero-order valence-corrected chi connectivity index (χ0v) is 11.1. The second kappa shape index (κ2) is 5.11. The number of nitrogens with one attached hydrogen (secondary N) is 1. The van der Waals surface area contributed by atoms with E-state index in [2.05, 4.69) is 11.4 Å². The molecule has 98 valence electrons. The van der Waals surface area contributed by atoms with Gasteiger partial charge in [0.1, 0.15) is 0 Å². The fourth-order valence-electron chi connectivity index (χ4n) is 2.53. The Kier molecular flexibility index (Phi) is 3.71. The number of benzene rings is 1. The maximum atomic E-state index is 12.3. The number of rotatable bonds is 4. The third-order valence-corrected chi connectivity index (χ3v) is 3.77. The monoisotopic (exact) mass is 247 g/mol. The highest BCUT2D eigenvalue weighted by Crippen LogP contribution is 2.44. The predicted octanol–water partition coefficient (Wildman–Crippen LogP) is 1.91. The van der Waals surface area contributed by atoms with Gasteiger partial charge >= 0.3 is 0 Å². The van der Waals surface area contributed by atoms with Crippen LogP contribution in [0.25, 0.3) is 0 Å². The maximum absolute atomic E-state index is 12.3. The molecule has 3 nitrogen and oxygen atoms in total. The summed E-state index contributed by atoms with van der Waals surface area (Å²) in [5, 5.41) is 12.1. The second-order valence-corrected chi connectivity index (χ2v) is 5.36. The molecule has 0 unspecified atom stereocenters. The summed E-state index contributed by atoms with van der Waals surface area (Å²) in [5.74, 6) is 0.0558. The Bertz CT molecular complexity index is 436. The topological polar surface area (TPSA) is 49.3 Å². The van der Waals surface area contributed by atoms with Crippen LogP contribution in [0.5, 0.6) is 0 Å². The van der Waals surface area contributed by atoms with Crippen LogP contribution in [-0.2, 0) is 10.2 Å². The molecule has 0 bridgehead atoms. The second-order valence-electron chi connectivity index (χ2n) is 5.36. The van der Waals surface area contributed by atoms with E-state index in [1.807, 2.05) is 25.1 Å². The van der Waals surface area contributed by atoms with Gasteiger partial charge in [0.25, 0.3) is 0 Å². The molecule has 1 fully saturated rings. The summed E-state index contributed by atoms with van der Waals surface area (Å²) in [4.78, 5) is 12.3. The minimum absolute atomic E-state index is 0.0558. The molecule has 3 heteroatoms. The summed E-state index contributed by atoms with van der Waals surface area (Å²) < 4.78 is 0. The molecule has 1 aliphatic carbocycles. The third-order valence-electron chi connectivity index (χ3n) is 3.77. The van der Waals surface area contributed by atoms with Crippen molar-refractivity contribution in [2.75, 3.05) is 6.54 Å². The Morgan fingerprint density at radius 2 is 2.22 bits per heavy atom. The quantitative estimate of drug-likeness (QED) is 0.854. The van der Waals surface area contributed by atoms with E-state index in [0.29, 0.717) is 6.54 Å². The van der Waals surface area contributed by atoms with Gasteiger partial charge in [-0.2, -0.15) is 0 Å². The van der Waals surface area contributed by atoms with Crippen LogP contribution in [0, 0.1) is 6.92 Å². The van der Waals surface area contributed by atoms with Crippen molar-refractivity contribution in [2.24, 2.45) is 0 Å². The molecule has 1 atom stereocenters. The van der Waals surface area contributed by atoms with Crippen molar-refractivity contribution in [1.82, 2.24) is 5.32 Å². The Labute approximate surface area is 108 Å². The summed E-state index contributed by atoms with van der Waals surface area (Å²) in [6.45, 7) is 4.05. The van der Waals surface area contributed by atoms with E-state index < -0.39 is 6.10 Å². The molecular formula is C15H21NO2. The van der Waals surface area contributed by atoms with Crippen LogP contribution in [0.4, 0.5) is 0 Å². The molecule has 1 saturated carbocycles. The predicted molar refractivity (Wildman–Crippen MR) is 71.4 cm³/mol. The zero-order valence-electron chi connectivity index (χ0n) is 11.1. The van der Waals surface area contributed by atoms with Gasteiger partial charge in [-0.3, -0.25) is 4.79 Å².